The van der Waals surface area contributed by atoms with Crippen LogP contribution in [-0.2, 0) is 7.05 Å². The zero-order valence-corrected chi connectivity index (χ0v) is 14.0. The number of nitrogens with zero attached hydrogens (tertiary/aromatic N) is 6. The molecule has 128 valence electrons. The molecular weight excluding hydrogens is 318 g/mol. The van der Waals surface area contributed by atoms with E-state index in [-0.39, 0.29) is 5.91 Å². The molecule has 25 heavy (non-hydrogen) atoms. The fourth-order valence-corrected chi connectivity index (χ4v) is 3.13. The summed E-state index contributed by atoms with van der Waals surface area (Å²) in [6.07, 6.45) is 3.35. The molecule has 0 aliphatic carbocycles. The maximum Gasteiger partial charge on any atom is 0.253 e. The molecule has 1 amide bonds. The SMILES string of the molecule is Cn1ncc2c(N3CCN(C(=O)c4ccc(N)cc4)CC3)ncnc21. The molecule has 3 heterocycles. The van der Waals surface area contributed by atoms with E-state index in [0.717, 1.165) is 29.9 Å². The first-order valence-corrected chi connectivity index (χ1v) is 8.16. The van der Waals surface area contributed by atoms with E-state index in [1.807, 2.05) is 11.9 Å². The number of nitrogens with two attached hydrogens (primary N) is 1. The van der Waals surface area contributed by atoms with Crippen LogP contribution < -0.4 is 10.6 Å². The second kappa shape index (κ2) is 6.04. The standard InChI is InChI=1S/C17H19N7O/c1-22-15-14(10-21-22)16(20-11-19-15)23-6-8-24(9-7-23)17(25)12-2-4-13(18)5-3-12/h2-5,10-11H,6-9,18H2,1H3. The van der Waals surface area contributed by atoms with E-state index < -0.39 is 0 Å². The highest BCUT2D eigenvalue weighted by molar-refractivity contribution is 5.94. The summed E-state index contributed by atoms with van der Waals surface area (Å²) in [5, 5.41) is 5.19. The summed E-state index contributed by atoms with van der Waals surface area (Å²) in [4.78, 5) is 25.3. The van der Waals surface area contributed by atoms with Crippen molar-refractivity contribution in [3.8, 4) is 0 Å². The lowest BCUT2D eigenvalue weighted by Crippen LogP contribution is -2.49. The van der Waals surface area contributed by atoms with Crippen LogP contribution >= 0.6 is 0 Å². The van der Waals surface area contributed by atoms with Crippen molar-refractivity contribution in [1.29, 1.82) is 0 Å². The van der Waals surface area contributed by atoms with Gasteiger partial charge < -0.3 is 15.5 Å². The number of hydrogen-bond donors (Lipinski definition) is 1. The van der Waals surface area contributed by atoms with Crippen molar-refractivity contribution in [2.75, 3.05) is 36.8 Å². The van der Waals surface area contributed by atoms with Gasteiger partial charge in [0.2, 0.25) is 0 Å². The Kier molecular flexibility index (Phi) is 3.72. The number of rotatable bonds is 2. The van der Waals surface area contributed by atoms with Crippen molar-refractivity contribution in [2.45, 2.75) is 0 Å². The Morgan fingerprint density at radius 1 is 1.08 bits per heavy atom. The van der Waals surface area contributed by atoms with Crippen LogP contribution in [0.5, 0.6) is 0 Å². The summed E-state index contributed by atoms with van der Waals surface area (Å²) in [6.45, 7) is 2.74. The number of aromatic nitrogens is 4. The minimum absolute atomic E-state index is 0.0360. The Morgan fingerprint density at radius 2 is 1.80 bits per heavy atom. The molecule has 0 saturated carbocycles. The number of carbonyl (C=O) groups excluding carboxylic acids is 1. The maximum absolute atomic E-state index is 12.6. The number of nitrogen functional groups attached to an aromatic ring is 1. The molecule has 0 atom stereocenters. The lowest BCUT2D eigenvalue weighted by atomic mass is 10.1. The molecule has 1 aromatic carbocycles. The van der Waals surface area contributed by atoms with Gasteiger partial charge in [-0.15, -0.1) is 0 Å². The summed E-state index contributed by atoms with van der Waals surface area (Å²) in [7, 11) is 1.86. The van der Waals surface area contributed by atoms with Gasteiger partial charge in [-0.25, -0.2) is 9.97 Å². The molecule has 1 saturated heterocycles. The van der Waals surface area contributed by atoms with Gasteiger partial charge in [0.1, 0.15) is 12.1 Å². The second-order valence-electron chi connectivity index (χ2n) is 6.10. The smallest absolute Gasteiger partial charge is 0.253 e. The second-order valence-corrected chi connectivity index (χ2v) is 6.10. The zero-order chi connectivity index (χ0) is 17.4. The number of hydrogen-bond acceptors (Lipinski definition) is 6. The number of aryl methyl sites for hydroxylation is 1. The highest BCUT2D eigenvalue weighted by Gasteiger charge is 2.24. The largest absolute Gasteiger partial charge is 0.399 e. The molecule has 2 N–H and O–H groups in total. The van der Waals surface area contributed by atoms with Gasteiger partial charge in [0.15, 0.2) is 5.65 Å². The van der Waals surface area contributed by atoms with Gasteiger partial charge in [-0.2, -0.15) is 5.10 Å². The van der Waals surface area contributed by atoms with E-state index in [9.17, 15) is 4.79 Å². The third kappa shape index (κ3) is 2.75. The molecule has 3 aromatic rings. The molecule has 0 radical (unpaired) electrons. The molecule has 0 unspecified atom stereocenters. The normalized spacial score (nSPS) is 14.9. The van der Waals surface area contributed by atoms with Gasteiger partial charge in [0, 0.05) is 44.5 Å². The number of anilines is 2. The van der Waals surface area contributed by atoms with Gasteiger partial charge in [0.05, 0.1) is 11.6 Å². The Balaban J connectivity index is 1.49. The van der Waals surface area contributed by atoms with Crippen molar-refractivity contribution in [3.05, 3.63) is 42.4 Å². The lowest BCUT2D eigenvalue weighted by molar-refractivity contribution is 0.0746. The van der Waals surface area contributed by atoms with Gasteiger partial charge in [-0.1, -0.05) is 0 Å². The molecule has 1 aliphatic rings. The first-order chi connectivity index (χ1) is 12.1. The van der Waals surface area contributed by atoms with Crippen molar-refractivity contribution in [1.82, 2.24) is 24.6 Å². The third-order valence-electron chi connectivity index (χ3n) is 4.53. The summed E-state index contributed by atoms with van der Waals surface area (Å²) >= 11 is 0. The molecule has 1 aliphatic heterocycles. The summed E-state index contributed by atoms with van der Waals surface area (Å²) < 4.78 is 1.74. The predicted octanol–water partition coefficient (Wildman–Crippen LogP) is 0.908. The number of amides is 1. The highest BCUT2D eigenvalue weighted by Crippen LogP contribution is 2.23. The molecule has 0 bridgehead atoms. The number of benzene rings is 1. The molecule has 1 fully saturated rings. The molecule has 0 spiro atoms. The fourth-order valence-electron chi connectivity index (χ4n) is 3.13. The lowest BCUT2D eigenvalue weighted by Gasteiger charge is -2.35. The van der Waals surface area contributed by atoms with Crippen molar-refractivity contribution >= 4 is 28.4 Å². The first kappa shape index (κ1) is 15.4. The van der Waals surface area contributed by atoms with E-state index in [1.165, 1.54) is 0 Å². The Labute approximate surface area is 144 Å². The van der Waals surface area contributed by atoms with Crippen LogP contribution in [0.1, 0.15) is 10.4 Å². The monoisotopic (exact) mass is 337 g/mol. The topological polar surface area (TPSA) is 93.2 Å². The average Bonchev–Trinajstić information content (AvgIpc) is 3.03. The van der Waals surface area contributed by atoms with E-state index in [2.05, 4.69) is 20.0 Å². The fraction of sp³-hybridized carbons (Fsp3) is 0.294. The quantitative estimate of drug-likeness (QED) is 0.699. The minimum Gasteiger partial charge on any atom is -0.399 e. The summed E-state index contributed by atoms with van der Waals surface area (Å²) in [5.41, 5.74) is 7.82. The third-order valence-corrected chi connectivity index (χ3v) is 4.53. The van der Waals surface area contributed by atoms with Crippen LogP contribution in [0.2, 0.25) is 0 Å². The Hall–Kier alpha value is -3.16. The van der Waals surface area contributed by atoms with Crippen LogP contribution in [-0.4, -0.2) is 56.7 Å². The minimum atomic E-state index is 0.0360. The Bertz CT molecular complexity index is 910. The maximum atomic E-state index is 12.6. The van der Waals surface area contributed by atoms with Crippen molar-refractivity contribution in [3.63, 3.8) is 0 Å². The number of carbonyl (C=O) groups is 1. The zero-order valence-electron chi connectivity index (χ0n) is 14.0. The van der Waals surface area contributed by atoms with E-state index in [4.69, 9.17) is 5.73 Å². The van der Waals surface area contributed by atoms with Crippen LogP contribution in [0.15, 0.2) is 36.8 Å². The Morgan fingerprint density at radius 3 is 2.52 bits per heavy atom. The van der Waals surface area contributed by atoms with Crippen LogP contribution in [0, 0.1) is 0 Å². The van der Waals surface area contributed by atoms with E-state index >= 15 is 0 Å². The van der Waals surface area contributed by atoms with Gasteiger partial charge >= 0.3 is 0 Å². The molecular formula is C17H19N7O. The summed E-state index contributed by atoms with van der Waals surface area (Å²) in [6, 6.07) is 7.05. The molecule has 4 rings (SSSR count). The van der Waals surface area contributed by atoms with Gasteiger partial charge in [0.25, 0.3) is 5.91 Å². The highest BCUT2D eigenvalue weighted by atomic mass is 16.2. The average molecular weight is 337 g/mol. The van der Waals surface area contributed by atoms with Gasteiger partial charge in [-0.05, 0) is 24.3 Å². The van der Waals surface area contributed by atoms with E-state index in [1.54, 1.807) is 41.5 Å². The number of piperazine rings is 1. The van der Waals surface area contributed by atoms with Crippen molar-refractivity contribution < 1.29 is 4.79 Å². The van der Waals surface area contributed by atoms with Crippen LogP contribution in [0.3, 0.4) is 0 Å². The molecule has 2 aromatic heterocycles. The predicted molar refractivity (Wildman–Crippen MR) is 95.3 cm³/mol. The summed E-state index contributed by atoms with van der Waals surface area (Å²) in [5.74, 6) is 0.909. The van der Waals surface area contributed by atoms with Gasteiger partial charge in [-0.3, -0.25) is 9.48 Å². The van der Waals surface area contributed by atoms with Crippen LogP contribution in [0.25, 0.3) is 11.0 Å². The first-order valence-electron chi connectivity index (χ1n) is 8.16. The molecule has 8 nitrogen and oxygen atoms in total. The van der Waals surface area contributed by atoms with Crippen molar-refractivity contribution in [2.24, 2.45) is 7.05 Å². The molecule has 8 heteroatoms. The van der Waals surface area contributed by atoms with Crippen LogP contribution in [0.4, 0.5) is 11.5 Å². The van der Waals surface area contributed by atoms with E-state index in [0.29, 0.717) is 24.3 Å². The number of fused-ring (bicyclic) bond motifs is 1.